The third kappa shape index (κ3) is 5.71. The van der Waals surface area contributed by atoms with Gasteiger partial charge < -0.3 is 16.0 Å². The van der Waals surface area contributed by atoms with Gasteiger partial charge in [0.05, 0.1) is 6.54 Å². The van der Waals surface area contributed by atoms with Gasteiger partial charge in [-0.25, -0.2) is 4.39 Å². The molecule has 1 aromatic carbocycles. The van der Waals surface area contributed by atoms with Crippen LogP contribution in [0.5, 0.6) is 0 Å². The molecule has 0 aromatic heterocycles. The lowest BCUT2D eigenvalue weighted by atomic mass is 10.1. The molecule has 0 aliphatic heterocycles. The van der Waals surface area contributed by atoms with Crippen LogP contribution in [0.15, 0.2) is 18.2 Å². The first-order chi connectivity index (χ1) is 9.95. The second-order valence-electron chi connectivity index (χ2n) is 5.65. The number of nitrogens with zero attached hydrogens (tertiary/aromatic N) is 1. The van der Waals surface area contributed by atoms with Gasteiger partial charge in [0.15, 0.2) is 0 Å². The Morgan fingerprint density at radius 2 is 2.14 bits per heavy atom. The molecular formula is C16H26FN3O. The van der Waals surface area contributed by atoms with E-state index in [1.54, 1.807) is 6.07 Å². The largest absolute Gasteiger partial charge is 0.368 e. The molecule has 0 aliphatic rings. The van der Waals surface area contributed by atoms with Crippen molar-refractivity contribution in [3.05, 3.63) is 29.6 Å². The highest BCUT2D eigenvalue weighted by Gasteiger charge is 2.17. The first kappa shape index (κ1) is 17.4. The number of carbonyl (C=O) groups excluding carboxylic acids is 1. The Bertz CT molecular complexity index is 463. The molecule has 21 heavy (non-hydrogen) atoms. The molecule has 1 aromatic rings. The van der Waals surface area contributed by atoms with Gasteiger partial charge in [0.1, 0.15) is 5.82 Å². The number of amides is 1. The molecule has 5 heteroatoms. The zero-order valence-corrected chi connectivity index (χ0v) is 13.2. The molecule has 0 saturated carbocycles. The fourth-order valence-electron chi connectivity index (χ4n) is 2.29. The maximum atomic E-state index is 14.1. The lowest BCUT2D eigenvalue weighted by Gasteiger charge is -2.28. The number of benzene rings is 1. The summed E-state index contributed by atoms with van der Waals surface area (Å²) in [7, 11) is 0. The number of nitrogens with one attached hydrogen (secondary N) is 1. The molecule has 0 atom stereocenters. The van der Waals surface area contributed by atoms with Gasteiger partial charge in [-0.2, -0.15) is 0 Å². The molecule has 1 amide bonds. The molecular weight excluding hydrogens is 269 g/mol. The molecule has 0 unspecified atom stereocenters. The van der Waals surface area contributed by atoms with Gasteiger partial charge in [-0.15, -0.1) is 0 Å². The van der Waals surface area contributed by atoms with Crippen LogP contribution in [0, 0.1) is 11.7 Å². The van der Waals surface area contributed by atoms with Gasteiger partial charge in [0.25, 0.3) is 0 Å². The van der Waals surface area contributed by atoms with E-state index in [1.165, 1.54) is 6.07 Å². The summed E-state index contributed by atoms with van der Waals surface area (Å²) in [5.74, 6) is -0.314. The average molecular weight is 295 g/mol. The van der Waals surface area contributed by atoms with Gasteiger partial charge in [-0.3, -0.25) is 4.79 Å². The Balaban J connectivity index is 3.04. The van der Waals surface area contributed by atoms with Crippen molar-refractivity contribution in [1.82, 2.24) is 5.32 Å². The number of hydrogen-bond acceptors (Lipinski definition) is 3. The quantitative estimate of drug-likeness (QED) is 0.687. The average Bonchev–Trinajstić information content (AvgIpc) is 2.39. The van der Waals surface area contributed by atoms with Crippen molar-refractivity contribution >= 4 is 11.6 Å². The molecule has 0 bridgehead atoms. The Morgan fingerprint density at radius 1 is 1.43 bits per heavy atom. The molecule has 0 heterocycles. The summed E-state index contributed by atoms with van der Waals surface area (Å²) in [6.07, 6.45) is 0.987. The minimum atomic E-state index is -0.410. The lowest BCUT2D eigenvalue weighted by molar-refractivity contribution is -0.116. The van der Waals surface area contributed by atoms with E-state index < -0.39 is 5.91 Å². The summed E-state index contributed by atoms with van der Waals surface area (Å²) in [5.41, 5.74) is 6.66. The van der Waals surface area contributed by atoms with Gasteiger partial charge in [0.2, 0.25) is 5.91 Å². The normalized spacial score (nSPS) is 10.9. The third-order valence-corrected chi connectivity index (χ3v) is 3.10. The second kappa shape index (κ2) is 8.62. The first-order valence-electron chi connectivity index (χ1n) is 7.47. The van der Waals surface area contributed by atoms with E-state index in [9.17, 15) is 9.18 Å². The molecule has 0 saturated heterocycles. The maximum Gasteiger partial charge on any atom is 0.236 e. The van der Waals surface area contributed by atoms with Crippen LogP contribution in [0.4, 0.5) is 10.1 Å². The molecule has 0 aliphatic carbocycles. The van der Waals surface area contributed by atoms with Crippen LogP contribution < -0.4 is 16.0 Å². The molecule has 118 valence electrons. The number of rotatable bonds is 9. The summed E-state index contributed by atoms with van der Waals surface area (Å²) in [6.45, 7) is 8.21. The number of carbonyl (C=O) groups is 1. The number of hydrogen-bond donors (Lipinski definition) is 2. The lowest BCUT2D eigenvalue weighted by Crippen LogP contribution is -2.37. The van der Waals surface area contributed by atoms with Crippen LogP contribution >= 0.6 is 0 Å². The van der Waals surface area contributed by atoms with Crippen LogP contribution in [0.1, 0.15) is 32.8 Å². The van der Waals surface area contributed by atoms with Gasteiger partial charge >= 0.3 is 0 Å². The van der Waals surface area contributed by atoms with E-state index in [0.717, 1.165) is 18.7 Å². The third-order valence-electron chi connectivity index (χ3n) is 3.10. The van der Waals surface area contributed by atoms with Crippen molar-refractivity contribution in [3.63, 3.8) is 0 Å². The predicted octanol–water partition coefficient (Wildman–Crippen LogP) is 2.27. The topological polar surface area (TPSA) is 58.4 Å². The summed E-state index contributed by atoms with van der Waals surface area (Å²) in [4.78, 5) is 13.2. The fraction of sp³-hybridized carbons (Fsp3) is 0.562. The standard InChI is InChI=1S/C16H26FN3O/c1-4-8-19-9-13-14(17)6-5-7-15(13)20(10-12(2)3)11-16(18)21/h5-7,12,19H,4,8-11H2,1-3H3,(H2,18,21). The van der Waals surface area contributed by atoms with E-state index >= 15 is 0 Å². The van der Waals surface area contributed by atoms with E-state index in [1.807, 2.05) is 11.0 Å². The Labute approximate surface area is 126 Å². The minimum absolute atomic E-state index is 0.0996. The molecule has 0 radical (unpaired) electrons. The number of nitrogens with two attached hydrogens (primary N) is 1. The van der Waals surface area contributed by atoms with Crippen molar-refractivity contribution in [2.75, 3.05) is 24.5 Å². The van der Waals surface area contributed by atoms with Crippen molar-refractivity contribution < 1.29 is 9.18 Å². The maximum absolute atomic E-state index is 14.1. The Hall–Kier alpha value is -1.62. The van der Waals surface area contributed by atoms with E-state index in [0.29, 0.717) is 24.6 Å². The smallest absolute Gasteiger partial charge is 0.236 e. The van der Waals surface area contributed by atoms with Crippen LogP contribution in [-0.4, -0.2) is 25.5 Å². The SMILES string of the molecule is CCCNCc1c(F)cccc1N(CC(N)=O)CC(C)C. The predicted molar refractivity (Wildman–Crippen MR) is 84.6 cm³/mol. The van der Waals surface area contributed by atoms with E-state index in [4.69, 9.17) is 5.73 Å². The zero-order valence-electron chi connectivity index (χ0n) is 13.2. The number of primary amides is 1. The van der Waals surface area contributed by atoms with Gasteiger partial charge in [0, 0.05) is 24.3 Å². The molecule has 0 fully saturated rings. The molecule has 1 rings (SSSR count). The number of anilines is 1. The summed E-state index contributed by atoms with van der Waals surface area (Å²) < 4.78 is 14.1. The monoisotopic (exact) mass is 295 g/mol. The Kier molecular flexibility index (Phi) is 7.15. The van der Waals surface area contributed by atoms with Crippen LogP contribution in [0.3, 0.4) is 0 Å². The molecule has 0 spiro atoms. The van der Waals surface area contributed by atoms with Crippen LogP contribution in [-0.2, 0) is 11.3 Å². The highest BCUT2D eigenvalue weighted by atomic mass is 19.1. The molecule has 4 nitrogen and oxygen atoms in total. The highest BCUT2D eigenvalue weighted by Crippen LogP contribution is 2.24. The summed E-state index contributed by atoms with van der Waals surface area (Å²) in [6, 6.07) is 4.96. The minimum Gasteiger partial charge on any atom is -0.368 e. The summed E-state index contributed by atoms with van der Waals surface area (Å²) in [5, 5.41) is 3.21. The summed E-state index contributed by atoms with van der Waals surface area (Å²) >= 11 is 0. The van der Waals surface area contributed by atoms with Crippen LogP contribution in [0.2, 0.25) is 0 Å². The van der Waals surface area contributed by atoms with Gasteiger partial charge in [-0.05, 0) is 31.0 Å². The fourth-order valence-corrected chi connectivity index (χ4v) is 2.29. The second-order valence-corrected chi connectivity index (χ2v) is 5.65. The van der Waals surface area contributed by atoms with Crippen molar-refractivity contribution in [2.45, 2.75) is 33.7 Å². The van der Waals surface area contributed by atoms with Crippen molar-refractivity contribution in [3.8, 4) is 0 Å². The van der Waals surface area contributed by atoms with Gasteiger partial charge in [-0.1, -0.05) is 26.8 Å². The van der Waals surface area contributed by atoms with Crippen molar-refractivity contribution in [2.24, 2.45) is 11.7 Å². The molecule has 3 N–H and O–H groups in total. The van der Waals surface area contributed by atoms with E-state index in [2.05, 4.69) is 26.1 Å². The first-order valence-corrected chi connectivity index (χ1v) is 7.47. The van der Waals surface area contributed by atoms with E-state index in [-0.39, 0.29) is 12.4 Å². The van der Waals surface area contributed by atoms with Crippen LogP contribution in [0.25, 0.3) is 0 Å². The van der Waals surface area contributed by atoms with Crippen molar-refractivity contribution in [1.29, 1.82) is 0 Å². The zero-order chi connectivity index (χ0) is 15.8. The number of halogens is 1. The Morgan fingerprint density at radius 3 is 2.71 bits per heavy atom. The highest BCUT2D eigenvalue weighted by molar-refractivity contribution is 5.80.